The van der Waals surface area contributed by atoms with E-state index in [0.717, 1.165) is 16.7 Å². The molecule has 3 aromatic rings. The monoisotopic (exact) mass is 483 g/mol. The molecule has 0 radical (unpaired) electrons. The van der Waals surface area contributed by atoms with E-state index in [-0.39, 0.29) is 5.91 Å². The lowest BCUT2D eigenvalue weighted by atomic mass is 9.91. The third-order valence-corrected chi connectivity index (χ3v) is 6.21. The van der Waals surface area contributed by atoms with Crippen LogP contribution in [0.4, 0.5) is 0 Å². The number of carboxylic acid groups (broad SMARTS) is 1. The molecule has 170 valence electrons. The Balaban J connectivity index is 1.77. The van der Waals surface area contributed by atoms with Gasteiger partial charge in [-0.05, 0) is 47.4 Å². The molecule has 0 saturated carbocycles. The summed E-state index contributed by atoms with van der Waals surface area (Å²) in [5.41, 5.74) is 2.70. The molecule has 0 spiro atoms. The number of amides is 1. The number of hydrogen-bond acceptors (Lipinski definition) is 3. The summed E-state index contributed by atoms with van der Waals surface area (Å²) in [6.07, 6.45) is -1.47. The van der Waals surface area contributed by atoms with Crippen LogP contribution in [0, 0.1) is 0 Å². The van der Waals surface area contributed by atoms with Crippen LogP contribution in [0.2, 0.25) is 10.0 Å². The minimum Gasteiger partial charge on any atom is -0.481 e. The molecule has 3 aromatic carbocycles. The topological polar surface area (TPSA) is 66.8 Å². The average Bonchev–Trinajstić information content (AvgIpc) is 2.80. The summed E-state index contributed by atoms with van der Waals surface area (Å²) in [7, 11) is 0. The predicted molar refractivity (Wildman–Crippen MR) is 127 cm³/mol. The van der Waals surface area contributed by atoms with Gasteiger partial charge in [0, 0.05) is 16.6 Å². The van der Waals surface area contributed by atoms with Crippen molar-refractivity contribution >= 4 is 35.1 Å². The molecule has 4 rings (SSSR count). The van der Waals surface area contributed by atoms with E-state index >= 15 is 0 Å². The van der Waals surface area contributed by atoms with Crippen LogP contribution in [0.15, 0.2) is 78.9 Å². The number of carbonyl (C=O) groups is 2. The van der Waals surface area contributed by atoms with Crippen molar-refractivity contribution in [3.05, 3.63) is 106 Å². The van der Waals surface area contributed by atoms with Crippen molar-refractivity contribution in [3.63, 3.8) is 0 Å². The normalized spacial score (nSPS) is 20.6. The first kappa shape index (κ1) is 23.3. The van der Waals surface area contributed by atoms with Crippen molar-refractivity contribution in [3.8, 4) is 0 Å². The van der Waals surface area contributed by atoms with Gasteiger partial charge in [-0.1, -0.05) is 77.8 Å². The van der Waals surface area contributed by atoms with Crippen molar-refractivity contribution in [1.29, 1.82) is 0 Å². The molecule has 0 unspecified atom stereocenters. The van der Waals surface area contributed by atoms with Gasteiger partial charge in [-0.15, -0.1) is 0 Å². The summed E-state index contributed by atoms with van der Waals surface area (Å²) in [5, 5.41) is 10.5. The molecule has 1 amide bonds. The first-order valence-corrected chi connectivity index (χ1v) is 11.4. The van der Waals surface area contributed by atoms with Crippen LogP contribution in [-0.2, 0) is 20.7 Å². The second-order valence-electron chi connectivity index (χ2n) is 7.96. The Bertz CT molecular complexity index is 1120. The molecule has 0 bridgehead atoms. The fraction of sp³-hybridized carbons (Fsp3) is 0.231. The Morgan fingerprint density at radius 3 is 2.30 bits per heavy atom. The van der Waals surface area contributed by atoms with Gasteiger partial charge in [0.25, 0.3) is 5.91 Å². The van der Waals surface area contributed by atoms with Crippen LogP contribution in [0.3, 0.4) is 0 Å². The molecule has 1 saturated heterocycles. The van der Waals surface area contributed by atoms with Gasteiger partial charge < -0.3 is 14.7 Å². The smallest absolute Gasteiger partial charge is 0.306 e. The van der Waals surface area contributed by atoms with Crippen LogP contribution in [0.1, 0.15) is 35.3 Å². The molecule has 33 heavy (non-hydrogen) atoms. The number of carbonyl (C=O) groups excluding carboxylic acids is 1. The number of morpholine rings is 1. The third kappa shape index (κ3) is 5.56. The molecule has 7 heteroatoms. The number of carboxylic acids is 1. The number of hydrogen-bond donors (Lipinski definition) is 1. The summed E-state index contributed by atoms with van der Waals surface area (Å²) in [6, 6.07) is 23.9. The van der Waals surface area contributed by atoms with Gasteiger partial charge in [-0.3, -0.25) is 9.59 Å². The van der Waals surface area contributed by atoms with E-state index in [9.17, 15) is 14.7 Å². The molecule has 1 aliphatic rings. The minimum atomic E-state index is -1.09. The maximum Gasteiger partial charge on any atom is 0.306 e. The van der Waals surface area contributed by atoms with Gasteiger partial charge >= 0.3 is 5.97 Å². The highest BCUT2D eigenvalue weighted by molar-refractivity contribution is 6.30. The second-order valence-corrected chi connectivity index (χ2v) is 8.83. The van der Waals surface area contributed by atoms with Gasteiger partial charge in [0.15, 0.2) is 0 Å². The Morgan fingerprint density at radius 2 is 1.64 bits per heavy atom. The third-order valence-electron chi connectivity index (χ3n) is 5.72. The number of aliphatic carboxylic acids is 1. The zero-order valence-corrected chi connectivity index (χ0v) is 19.2. The van der Waals surface area contributed by atoms with Crippen molar-refractivity contribution in [1.82, 2.24) is 4.90 Å². The SMILES string of the molecule is O=C(O)C[C@@H]1O[C@H](c2cccc(Cl)c2)[C@@H](c2ccc(Cl)cc2)N(CCc2ccccc2)C1=O. The Morgan fingerprint density at radius 1 is 0.909 bits per heavy atom. The second kappa shape index (κ2) is 10.4. The lowest BCUT2D eigenvalue weighted by Gasteiger charge is -2.44. The summed E-state index contributed by atoms with van der Waals surface area (Å²) in [6.45, 7) is 0.409. The van der Waals surface area contributed by atoms with Crippen molar-refractivity contribution < 1.29 is 19.4 Å². The van der Waals surface area contributed by atoms with Gasteiger partial charge in [-0.25, -0.2) is 0 Å². The minimum absolute atomic E-state index is 0.341. The summed E-state index contributed by atoms with van der Waals surface area (Å²) in [4.78, 5) is 26.7. The predicted octanol–water partition coefficient (Wildman–Crippen LogP) is 5.72. The Labute approximate surface area is 202 Å². The van der Waals surface area contributed by atoms with E-state index < -0.39 is 30.6 Å². The van der Waals surface area contributed by atoms with E-state index in [4.69, 9.17) is 27.9 Å². The zero-order chi connectivity index (χ0) is 23.4. The van der Waals surface area contributed by atoms with Crippen molar-refractivity contribution in [2.24, 2.45) is 0 Å². The molecule has 1 heterocycles. The lowest BCUT2D eigenvalue weighted by molar-refractivity contribution is -0.178. The molecule has 1 fully saturated rings. The van der Waals surface area contributed by atoms with Gasteiger partial charge in [0.2, 0.25) is 0 Å². The van der Waals surface area contributed by atoms with Crippen molar-refractivity contribution in [2.75, 3.05) is 6.54 Å². The molecule has 1 aliphatic heterocycles. The number of nitrogens with zero attached hydrogens (tertiary/aromatic N) is 1. The van der Waals surface area contributed by atoms with Gasteiger partial charge in [-0.2, -0.15) is 0 Å². The molecule has 5 nitrogen and oxygen atoms in total. The van der Waals surface area contributed by atoms with Crippen LogP contribution in [0.5, 0.6) is 0 Å². The lowest BCUT2D eigenvalue weighted by Crippen LogP contribution is -2.52. The van der Waals surface area contributed by atoms with E-state index in [0.29, 0.717) is 23.0 Å². The standard InChI is InChI=1S/C26H23Cl2NO4/c27-20-11-9-18(10-12-20)24-25(19-7-4-8-21(28)15-19)33-22(16-23(30)31)26(32)29(24)14-13-17-5-2-1-3-6-17/h1-12,15,22,24-25H,13-14,16H2,(H,30,31)/t22-,24+,25+/m0/s1. The van der Waals surface area contributed by atoms with Gasteiger partial charge in [0.05, 0.1) is 12.5 Å². The summed E-state index contributed by atoms with van der Waals surface area (Å²) < 4.78 is 6.17. The van der Waals surface area contributed by atoms with E-state index in [1.54, 1.807) is 29.2 Å². The number of ether oxygens (including phenoxy) is 1. The van der Waals surface area contributed by atoms with Crippen molar-refractivity contribution in [2.45, 2.75) is 31.1 Å². The van der Waals surface area contributed by atoms with E-state index in [2.05, 4.69) is 0 Å². The number of benzene rings is 3. The Hall–Kier alpha value is -2.86. The van der Waals surface area contributed by atoms with Crippen LogP contribution in [0.25, 0.3) is 0 Å². The molecule has 1 N–H and O–H groups in total. The summed E-state index contributed by atoms with van der Waals surface area (Å²) in [5.74, 6) is -1.43. The Kier molecular flexibility index (Phi) is 7.33. The highest BCUT2D eigenvalue weighted by Crippen LogP contribution is 2.43. The largest absolute Gasteiger partial charge is 0.481 e. The van der Waals surface area contributed by atoms with Crippen LogP contribution in [-0.4, -0.2) is 34.5 Å². The average molecular weight is 484 g/mol. The number of rotatable bonds is 7. The maximum absolute atomic E-state index is 13.5. The maximum atomic E-state index is 13.5. The molecule has 0 aliphatic carbocycles. The highest BCUT2D eigenvalue weighted by Gasteiger charge is 2.44. The molecular formula is C26H23Cl2NO4. The van der Waals surface area contributed by atoms with Crippen LogP contribution < -0.4 is 0 Å². The molecule has 3 atom stereocenters. The first-order chi connectivity index (χ1) is 15.9. The molecule has 0 aromatic heterocycles. The fourth-order valence-corrected chi connectivity index (χ4v) is 4.52. The van der Waals surface area contributed by atoms with Crippen LogP contribution >= 0.6 is 23.2 Å². The fourth-order valence-electron chi connectivity index (χ4n) is 4.19. The van der Waals surface area contributed by atoms with E-state index in [1.165, 1.54) is 0 Å². The number of halogens is 2. The zero-order valence-electron chi connectivity index (χ0n) is 17.7. The highest BCUT2D eigenvalue weighted by atomic mass is 35.5. The van der Waals surface area contributed by atoms with E-state index in [1.807, 2.05) is 54.6 Å². The quantitative estimate of drug-likeness (QED) is 0.466. The van der Waals surface area contributed by atoms with Gasteiger partial charge in [0.1, 0.15) is 12.2 Å². The first-order valence-electron chi connectivity index (χ1n) is 10.6. The molecular weight excluding hydrogens is 461 g/mol. The summed E-state index contributed by atoms with van der Waals surface area (Å²) >= 11 is 12.4.